The van der Waals surface area contributed by atoms with Crippen LogP contribution in [-0.2, 0) is 27.9 Å². The van der Waals surface area contributed by atoms with Gasteiger partial charge in [-0.1, -0.05) is 102 Å². The van der Waals surface area contributed by atoms with Crippen molar-refractivity contribution < 1.29 is 62.3 Å². The van der Waals surface area contributed by atoms with Gasteiger partial charge in [0.2, 0.25) is 0 Å². The van der Waals surface area contributed by atoms with Crippen molar-refractivity contribution in [1.82, 2.24) is 0 Å². The van der Waals surface area contributed by atoms with E-state index in [0.717, 1.165) is 11.1 Å². The van der Waals surface area contributed by atoms with Crippen LogP contribution in [0.25, 0.3) is 0 Å². The Kier molecular flexibility index (Phi) is 13.3. The van der Waals surface area contributed by atoms with Gasteiger partial charge in [0.15, 0.2) is 0 Å². The molecular weight excluding hydrogens is 784 g/mol. The van der Waals surface area contributed by atoms with Gasteiger partial charge in [-0.05, 0) is 22.0 Å². The minimum absolute atomic E-state index is 0. The monoisotopic (exact) mass is 822 g/mol. The molecule has 0 aromatic heterocycles. The smallest absolute Gasteiger partial charge is 0 e. The summed E-state index contributed by atoms with van der Waals surface area (Å²) in [5, 5.41) is 46.0. The zero-order valence-corrected chi connectivity index (χ0v) is 31.9. The Morgan fingerprint density at radius 3 is 1.13 bits per heavy atom. The van der Waals surface area contributed by atoms with Crippen molar-refractivity contribution in [3.05, 3.63) is 139 Å². The van der Waals surface area contributed by atoms with E-state index in [4.69, 9.17) is 9.98 Å². The number of nitro benzene ring substituents is 2. The van der Waals surface area contributed by atoms with Crippen LogP contribution >= 0.6 is 7.81 Å². The van der Waals surface area contributed by atoms with E-state index in [9.17, 15) is 55.6 Å². The SMILES string of the molecule is CC(C)(C)c1cc([N+](=O)[O-])cc(C=NC(c2ccccc2)C(N=Cc2cc([N+](=O)[O-])cc(C(C)(C)C)c2O)c2ccccc2)c1O.F[P-](F)(F)(F)(F)F.[Mn]. The first-order valence-electron chi connectivity index (χ1n) is 15.8. The molecule has 0 fully saturated rings. The number of aromatic hydroxyl groups is 2. The number of nitrogens with zero attached hydrogens (tertiary/aromatic N) is 4. The van der Waals surface area contributed by atoms with Gasteiger partial charge in [0.05, 0.1) is 9.85 Å². The summed E-state index contributed by atoms with van der Waals surface area (Å²) in [6, 6.07) is 22.6. The first kappa shape index (κ1) is 45.3. The number of halogens is 6. The Hall–Kier alpha value is -4.85. The molecule has 4 aromatic carbocycles. The van der Waals surface area contributed by atoms with Crippen molar-refractivity contribution in [2.75, 3.05) is 0 Å². The van der Waals surface area contributed by atoms with Crippen LogP contribution < -0.4 is 0 Å². The van der Waals surface area contributed by atoms with Crippen molar-refractivity contribution in [2.24, 2.45) is 9.98 Å². The molecule has 293 valence electrons. The molecule has 0 amide bonds. The quantitative estimate of drug-likeness (QED) is 0.0428. The number of phenolic OH excluding ortho intramolecular Hbond substituents is 2. The molecule has 0 bridgehead atoms. The molecule has 18 heteroatoms. The van der Waals surface area contributed by atoms with Crippen LogP contribution in [0.3, 0.4) is 0 Å². The molecule has 0 aliphatic heterocycles. The predicted molar refractivity (Wildman–Crippen MR) is 194 cm³/mol. The van der Waals surface area contributed by atoms with E-state index in [1.807, 2.05) is 102 Å². The number of nitro groups is 2. The van der Waals surface area contributed by atoms with E-state index in [1.54, 1.807) is 0 Å². The van der Waals surface area contributed by atoms with Crippen LogP contribution in [0.15, 0.2) is 94.9 Å². The average Bonchev–Trinajstić information content (AvgIpc) is 3.01. The van der Waals surface area contributed by atoms with Crippen LogP contribution in [0.2, 0.25) is 0 Å². The summed E-state index contributed by atoms with van der Waals surface area (Å²) in [6.45, 7) is 11.1. The van der Waals surface area contributed by atoms with Gasteiger partial charge >= 0.3 is 33.0 Å². The van der Waals surface area contributed by atoms with E-state index in [2.05, 4.69) is 0 Å². The van der Waals surface area contributed by atoms with Crippen molar-refractivity contribution >= 4 is 31.6 Å². The van der Waals surface area contributed by atoms with Crippen molar-refractivity contribution in [1.29, 1.82) is 0 Å². The fourth-order valence-corrected chi connectivity index (χ4v) is 5.15. The van der Waals surface area contributed by atoms with E-state index in [-0.39, 0.29) is 51.1 Å². The van der Waals surface area contributed by atoms with Crippen LogP contribution in [0.5, 0.6) is 11.5 Å². The molecule has 2 atom stereocenters. The van der Waals surface area contributed by atoms with Crippen LogP contribution in [-0.4, -0.2) is 32.5 Å². The summed E-state index contributed by atoms with van der Waals surface area (Å²) in [5.74, 6) is -0.214. The van der Waals surface area contributed by atoms with Gasteiger partial charge in [0, 0.05) is 76.0 Å². The summed E-state index contributed by atoms with van der Waals surface area (Å²) in [4.78, 5) is 32.3. The largest absolute Gasteiger partial charge is 0 e. The third-order valence-electron chi connectivity index (χ3n) is 7.62. The van der Waals surface area contributed by atoms with Gasteiger partial charge in [-0.2, -0.15) is 0 Å². The molecule has 0 aliphatic carbocycles. The van der Waals surface area contributed by atoms with Crippen molar-refractivity contribution in [3.8, 4) is 11.5 Å². The van der Waals surface area contributed by atoms with Gasteiger partial charge in [0.1, 0.15) is 23.6 Å². The first-order chi connectivity index (χ1) is 24.0. The topological polar surface area (TPSA) is 151 Å². The molecule has 1 radical (unpaired) electrons. The molecule has 0 aliphatic rings. The second-order valence-electron chi connectivity index (χ2n) is 14.1. The Labute approximate surface area is 317 Å². The summed E-state index contributed by atoms with van der Waals surface area (Å²) < 4.78 is 59.2. The molecule has 0 heterocycles. The van der Waals surface area contributed by atoms with E-state index < -0.39 is 40.6 Å². The van der Waals surface area contributed by atoms with Gasteiger partial charge < -0.3 is 10.2 Å². The molecule has 2 unspecified atom stereocenters. The van der Waals surface area contributed by atoms with Gasteiger partial charge in [-0.3, -0.25) is 30.2 Å². The maximum Gasteiger partial charge on any atom is 0 e. The second-order valence-corrected chi connectivity index (χ2v) is 16.0. The standard InChI is InChI=1S/C36H38N4O6.F6P.Mn/c1-35(2,3)29-19-27(39(43)44)17-25(33(29)41)21-37-31(23-13-9-7-10-14-23)32(24-15-11-8-12-16-24)38-22-26-18-28(40(45)46)20-30(34(26)42)36(4,5)6;1-7(2,3,4,5)6;/h7-22,31-32,41-42H,1-6H3;;/q;-1;. The fraction of sp³-hybridized carbons (Fsp3) is 0.278. The Morgan fingerprint density at radius 1 is 0.611 bits per heavy atom. The normalized spacial score (nSPS) is 14.6. The van der Waals surface area contributed by atoms with E-state index in [0.29, 0.717) is 11.1 Å². The van der Waals surface area contributed by atoms with Crippen LogP contribution in [0.4, 0.5) is 36.6 Å². The Balaban J connectivity index is 0.00000115. The summed E-state index contributed by atoms with van der Waals surface area (Å²) in [6.07, 6.45) is 2.84. The number of rotatable bonds is 9. The summed E-state index contributed by atoms with van der Waals surface area (Å²) >= 11 is 0. The molecule has 10 nitrogen and oxygen atoms in total. The molecule has 0 saturated carbocycles. The molecule has 0 saturated heterocycles. The van der Waals surface area contributed by atoms with E-state index >= 15 is 0 Å². The number of non-ortho nitro benzene ring substituents is 2. The number of phenols is 2. The minimum atomic E-state index is -10.7. The maximum absolute atomic E-state index is 11.8. The van der Waals surface area contributed by atoms with Gasteiger partial charge in [-0.25, -0.2) is 0 Å². The van der Waals surface area contributed by atoms with Gasteiger partial charge in [-0.15, -0.1) is 0 Å². The molecule has 0 spiro atoms. The van der Waals surface area contributed by atoms with E-state index in [1.165, 1.54) is 36.7 Å². The third-order valence-corrected chi connectivity index (χ3v) is 7.62. The summed E-state index contributed by atoms with van der Waals surface area (Å²) in [5.41, 5.74) is 1.21. The van der Waals surface area contributed by atoms with Crippen molar-refractivity contribution in [3.63, 3.8) is 0 Å². The molecule has 2 N–H and O–H groups in total. The zero-order chi connectivity index (χ0) is 40.2. The summed E-state index contributed by atoms with van der Waals surface area (Å²) in [7, 11) is -10.7. The predicted octanol–water partition coefficient (Wildman–Crippen LogP) is 11.9. The molecule has 4 aromatic rings. The second kappa shape index (κ2) is 15.9. The minimum Gasteiger partial charge on any atom is 0 e. The molecule has 54 heavy (non-hydrogen) atoms. The van der Waals surface area contributed by atoms with Crippen LogP contribution in [0.1, 0.15) is 87.0 Å². The average molecular weight is 823 g/mol. The number of aliphatic imine (C=N–C) groups is 2. The number of hydrogen-bond acceptors (Lipinski definition) is 8. The maximum atomic E-state index is 11.8. The molecular formula is C36H38F6MnN4O6P-. The fourth-order valence-electron chi connectivity index (χ4n) is 5.15. The Bertz CT molecular complexity index is 1900. The van der Waals surface area contributed by atoms with Crippen molar-refractivity contribution in [2.45, 2.75) is 64.5 Å². The number of benzene rings is 4. The van der Waals surface area contributed by atoms with Gasteiger partial charge in [0.25, 0.3) is 11.4 Å². The zero-order valence-electron chi connectivity index (χ0n) is 29.8. The first-order valence-corrected chi connectivity index (χ1v) is 17.8. The molecule has 4 rings (SSSR count). The third kappa shape index (κ3) is 13.8. The van der Waals surface area contributed by atoms with Crippen LogP contribution in [0, 0.1) is 20.2 Å². The number of hydrogen-bond donors (Lipinski definition) is 2. The Morgan fingerprint density at radius 2 is 0.889 bits per heavy atom.